The van der Waals surface area contributed by atoms with Gasteiger partial charge in [-0.3, -0.25) is 0 Å². The lowest BCUT2D eigenvalue weighted by Crippen LogP contribution is -2.26. The van der Waals surface area contributed by atoms with E-state index in [4.69, 9.17) is 4.42 Å². The van der Waals surface area contributed by atoms with Crippen molar-refractivity contribution in [3.63, 3.8) is 0 Å². The van der Waals surface area contributed by atoms with Crippen molar-refractivity contribution in [1.29, 1.82) is 0 Å². The van der Waals surface area contributed by atoms with Crippen LogP contribution in [0.1, 0.15) is 32.4 Å². The van der Waals surface area contributed by atoms with Crippen molar-refractivity contribution in [1.82, 2.24) is 10.0 Å². The van der Waals surface area contributed by atoms with Crippen LogP contribution in [0.2, 0.25) is 0 Å². The van der Waals surface area contributed by atoms with E-state index in [0.717, 1.165) is 12.8 Å². The van der Waals surface area contributed by atoms with Gasteiger partial charge in [0.1, 0.15) is 5.76 Å². The maximum absolute atomic E-state index is 11.4. The second-order valence-electron chi connectivity index (χ2n) is 3.82. The normalized spacial score (nSPS) is 12.2. The lowest BCUT2D eigenvalue weighted by atomic mass is 10.2. The van der Waals surface area contributed by atoms with Gasteiger partial charge in [-0.25, -0.2) is 13.1 Å². The summed E-state index contributed by atoms with van der Waals surface area (Å²) in [6, 6.07) is 3.58. The first-order valence-corrected chi connectivity index (χ1v) is 7.27. The maximum atomic E-state index is 11.4. The Morgan fingerprint density at radius 2 is 1.94 bits per heavy atom. The van der Waals surface area contributed by atoms with Crippen LogP contribution >= 0.6 is 0 Å². The molecular formula is C11H20N2O3S. The summed E-state index contributed by atoms with van der Waals surface area (Å²) >= 11 is 0. The molecule has 0 atom stereocenters. The lowest BCUT2D eigenvalue weighted by molar-refractivity contribution is 0.381. The molecule has 0 aliphatic rings. The molecule has 1 aromatic rings. The molecule has 98 valence electrons. The van der Waals surface area contributed by atoms with Gasteiger partial charge in [0.05, 0.1) is 6.54 Å². The van der Waals surface area contributed by atoms with E-state index in [0.29, 0.717) is 18.3 Å². The highest BCUT2D eigenvalue weighted by molar-refractivity contribution is 7.89. The zero-order valence-corrected chi connectivity index (χ0v) is 11.3. The topological polar surface area (TPSA) is 71.3 Å². The number of hydrogen-bond donors (Lipinski definition) is 2. The van der Waals surface area contributed by atoms with E-state index in [1.165, 1.54) is 13.1 Å². The van der Waals surface area contributed by atoms with Crippen LogP contribution in [0, 0.1) is 0 Å². The highest BCUT2D eigenvalue weighted by atomic mass is 32.2. The Hall–Kier alpha value is -0.850. The third-order valence-corrected chi connectivity index (χ3v) is 4.01. The molecule has 0 radical (unpaired) electrons. The summed E-state index contributed by atoms with van der Waals surface area (Å²) in [6.45, 7) is 4.77. The fraction of sp³-hybridized carbons (Fsp3) is 0.636. The first kappa shape index (κ1) is 14.2. The number of hydrogen-bond acceptors (Lipinski definition) is 4. The van der Waals surface area contributed by atoms with Crippen LogP contribution in [0.4, 0.5) is 0 Å². The summed E-state index contributed by atoms with van der Waals surface area (Å²) < 4.78 is 30.4. The standard InChI is InChI=1S/C11H20N2O3S/c1-4-9(5-2)13-8-10-6-7-11(16-10)17(14,15)12-3/h6-7,9,12-13H,4-5,8H2,1-3H3. The minimum atomic E-state index is -3.47. The average molecular weight is 260 g/mol. The Kier molecular flexibility index (Phi) is 5.17. The molecule has 1 rings (SSSR count). The van der Waals surface area contributed by atoms with Crippen molar-refractivity contribution in [2.75, 3.05) is 7.05 Å². The second kappa shape index (κ2) is 6.18. The molecule has 0 fully saturated rings. The molecule has 0 spiro atoms. The van der Waals surface area contributed by atoms with Crippen LogP contribution in [0.3, 0.4) is 0 Å². The van der Waals surface area contributed by atoms with E-state index in [1.54, 1.807) is 6.07 Å². The first-order chi connectivity index (χ1) is 8.03. The molecule has 0 amide bonds. The SMILES string of the molecule is CCC(CC)NCc1ccc(S(=O)(=O)NC)o1. The number of furan rings is 1. The highest BCUT2D eigenvalue weighted by Crippen LogP contribution is 2.13. The molecule has 1 aromatic heterocycles. The summed E-state index contributed by atoms with van der Waals surface area (Å²) in [5.41, 5.74) is 0. The van der Waals surface area contributed by atoms with E-state index in [9.17, 15) is 8.42 Å². The quantitative estimate of drug-likeness (QED) is 0.778. The van der Waals surface area contributed by atoms with Gasteiger partial charge in [-0.2, -0.15) is 0 Å². The summed E-state index contributed by atoms with van der Waals surface area (Å²) in [4.78, 5) is 0. The van der Waals surface area contributed by atoms with Gasteiger partial charge in [0.15, 0.2) is 0 Å². The van der Waals surface area contributed by atoms with Crippen molar-refractivity contribution in [2.45, 2.75) is 44.4 Å². The van der Waals surface area contributed by atoms with Crippen LogP contribution in [0.25, 0.3) is 0 Å². The van der Waals surface area contributed by atoms with Crippen LogP contribution in [0.5, 0.6) is 0 Å². The average Bonchev–Trinajstić information content (AvgIpc) is 2.80. The lowest BCUT2D eigenvalue weighted by Gasteiger charge is -2.12. The fourth-order valence-corrected chi connectivity index (χ4v) is 2.19. The number of rotatable bonds is 7. The molecule has 0 aromatic carbocycles. The van der Waals surface area contributed by atoms with Gasteiger partial charge in [-0.15, -0.1) is 0 Å². The number of sulfonamides is 1. The Labute approximate surface area is 103 Å². The van der Waals surface area contributed by atoms with E-state index in [1.807, 2.05) is 0 Å². The summed E-state index contributed by atoms with van der Waals surface area (Å²) in [7, 11) is -2.11. The molecule has 17 heavy (non-hydrogen) atoms. The zero-order chi connectivity index (χ0) is 12.9. The van der Waals surface area contributed by atoms with Crippen molar-refractivity contribution in [3.8, 4) is 0 Å². The number of nitrogens with one attached hydrogen (secondary N) is 2. The van der Waals surface area contributed by atoms with Crippen LogP contribution < -0.4 is 10.0 Å². The third kappa shape index (κ3) is 3.83. The second-order valence-corrected chi connectivity index (χ2v) is 5.64. The predicted octanol–water partition coefficient (Wildman–Crippen LogP) is 1.47. The molecule has 5 nitrogen and oxygen atoms in total. The molecule has 0 aliphatic carbocycles. The van der Waals surface area contributed by atoms with E-state index in [-0.39, 0.29) is 5.09 Å². The maximum Gasteiger partial charge on any atom is 0.273 e. The van der Waals surface area contributed by atoms with Gasteiger partial charge in [-0.1, -0.05) is 13.8 Å². The molecule has 1 heterocycles. The van der Waals surface area contributed by atoms with Crippen LogP contribution in [-0.2, 0) is 16.6 Å². The highest BCUT2D eigenvalue weighted by Gasteiger charge is 2.16. The van der Waals surface area contributed by atoms with Crippen LogP contribution in [-0.4, -0.2) is 21.5 Å². The van der Waals surface area contributed by atoms with E-state index in [2.05, 4.69) is 23.9 Å². The van der Waals surface area contributed by atoms with Crippen LogP contribution in [0.15, 0.2) is 21.6 Å². The van der Waals surface area contributed by atoms with E-state index >= 15 is 0 Å². The Morgan fingerprint density at radius 3 is 2.47 bits per heavy atom. The Morgan fingerprint density at radius 1 is 1.29 bits per heavy atom. The van der Waals surface area contributed by atoms with Gasteiger partial charge in [0.25, 0.3) is 10.0 Å². The van der Waals surface area contributed by atoms with Gasteiger partial charge < -0.3 is 9.73 Å². The van der Waals surface area contributed by atoms with Gasteiger partial charge in [0.2, 0.25) is 5.09 Å². The van der Waals surface area contributed by atoms with Crippen molar-refractivity contribution < 1.29 is 12.8 Å². The third-order valence-electron chi connectivity index (χ3n) is 2.72. The summed E-state index contributed by atoms with van der Waals surface area (Å²) in [6.07, 6.45) is 2.08. The van der Waals surface area contributed by atoms with Crippen molar-refractivity contribution in [3.05, 3.63) is 17.9 Å². The van der Waals surface area contributed by atoms with Gasteiger partial charge >= 0.3 is 0 Å². The fourth-order valence-electron chi connectivity index (χ4n) is 1.52. The Bertz CT molecular complexity index is 435. The van der Waals surface area contributed by atoms with Gasteiger partial charge in [0, 0.05) is 6.04 Å². The summed E-state index contributed by atoms with van der Waals surface area (Å²) in [5.74, 6) is 0.630. The largest absolute Gasteiger partial charge is 0.447 e. The smallest absolute Gasteiger partial charge is 0.273 e. The van der Waals surface area contributed by atoms with E-state index < -0.39 is 10.0 Å². The monoisotopic (exact) mass is 260 g/mol. The molecule has 0 saturated heterocycles. The first-order valence-electron chi connectivity index (χ1n) is 5.79. The molecule has 6 heteroatoms. The predicted molar refractivity (Wildman–Crippen MR) is 66.2 cm³/mol. The molecular weight excluding hydrogens is 240 g/mol. The molecule has 0 bridgehead atoms. The molecule has 0 unspecified atom stereocenters. The summed E-state index contributed by atoms with van der Waals surface area (Å²) in [5, 5.41) is 3.27. The van der Waals surface area contributed by atoms with Crippen molar-refractivity contribution >= 4 is 10.0 Å². The Balaban J connectivity index is 2.64. The van der Waals surface area contributed by atoms with Crippen molar-refractivity contribution in [2.24, 2.45) is 0 Å². The minimum Gasteiger partial charge on any atom is -0.447 e. The minimum absolute atomic E-state index is 0.0404. The molecule has 2 N–H and O–H groups in total. The van der Waals surface area contributed by atoms with Gasteiger partial charge in [-0.05, 0) is 32.0 Å². The molecule has 0 saturated carbocycles. The molecule has 0 aliphatic heterocycles. The zero-order valence-electron chi connectivity index (χ0n) is 10.5.